The molecule has 2 aliphatic rings. The molecule has 0 bridgehead atoms. The number of benzene rings is 2. The number of thioether (sulfide) groups is 1. The molecule has 3 N–H and O–H groups in total. The lowest BCUT2D eigenvalue weighted by atomic mass is 10.0. The van der Waals surface area contributed by atoms with E-state index in [2.05, 4.69) is 16.0 Å². The van der Waals surface area contributed by atoms with Crippen LogP contribution in [0.4, 0.5) is 10.5 Å². The third-order valence-corrected chi connectivity index (χ3v) is 8.54. The van der Waals surface area contributed by atoms with Gasteiger partial charge in [-0.15, -0.1) is 0 Å². The molecular formula is C27H28ClN3O5S. The van der Waals surface area contributed by atoms with Crippen molar-refractivity contribution < 1.29 is 18.7 Å². The molecule has 3 atom stereocenters. The summed E-state index contributed by atoms with van der Waals surface area (Å²) in [4.78, 5) is 36.6. The predicted octanol–water partition coefficient (Wildman–Crippen LogP) is 4.73. The number of carbonyl (C=O) groups excluding carboxylic acids is 2. The summed E-state index contributed by atoms with van der Waals surface area (Å²) in [5, 5.41) is 10.2. The molecule has 0 saturated carbocycles. The number of ether oxygens (including phenoxy) is 1. The number of carbonyl (C=O) groups is 2. The summed E-state index contributed by atoms with van der Waals surface area (Å²) in [6, 6.07) is 15.1. The van der Waals surface area contributed by atoms with Gasteiger partial charge in [-0.25, -0.2) is 9.59 Å². The zero-order valence-electron chi connectivity index (χ0n) is 20.1. The highest BCUT2D eigenvalue weighted by atomic mass is 35.5. The highest BCUT2D eigenvalue weighted by molar-refractivity contribution is 8.00. The summed E-state index contributed by atoms with van der Waals surface area (Å²) < 4.78 is 11.0. The second kappa shape index (κ2) is 11.5. The van der Waals surface area contributed by atoms with Gasteiger partial charge in [-0.1, -0.05) is 54.4 Å². The largest absolute Gasteiger partial charge is 0.464 e. The van der Waals surface area contributed by atoms with Crippen molar-refractivity contribution in [2.75, 3.05) is 17.7 Å². The van der Waals surface area contributed by atoms with Crippen LogP contribution in [-0.4, -0.2) is 41.6 Å². The number of amides is 3. The van der Waals surface area contributed by atoms with Gasteiger partial charge in [0.05, 0.1) is 24.1 Å². The fourth-order valence-corrected chi connectivity index (χ4v) is 6.57. The molecule has 0 radical (unpaired) electrons. The Morgan fingerprint density at radius 2 is 1.95 bits per heavy atom. The normalized spacial score (nSPS) is 20.4. The van der Waals surface area contributed by atoms with Crippen LogP contribution in [-0.2, 0) is 11.2 Å². The monoisotopic (exact) mass is 541 g/mol. The zero-order valence-corrected chi connectivity index (χ0v) is 21.7. The summed E-state index contributed by atoms with van der Waals surface area (Å²) in [7, 11) is 0. The van der Waals surface area contributed by atoms with E-state index >= 15 is 0 Å². The molecule has 37 heavy (non-hydrogen) atoms. The van der Waals surface area contributed by atoms with E-state index in [1.807, 2.05) is 42.1 Å². The van der Waals surface area contributed by atoms with Crippen molar-refractivity contribution in [1.29, 1.82) is 0 Å². The van der Waals surface area contributed by atoms with Gasteiger partial charge < -0.3 is 25.1 Å². The first kappa shape index (κ1) is 25.5. The van der Waals surface area contributed by atoms with Crippen molar-refractivity contribution in [3.63, 3.8) is 0 Å². The van der Waals surface area contributed by atoms with E-state index in [1.54, 1.807) is 18.2 Å². The van der Waals surface area contributed by atoms with Crippen LogP contribution in [0.25, 0.3) is 10.8 Å². The Balaban J connectivity index is 1.12. The average Bonchev–Trinajstić information content (AvgIpc) is 3.44. The molecule has 2 aliphatic heterocycles. The van der Waals surface area contributed by atoms with Crippen molar-refractivity contribution in [1.82, 2.24) is 10.6 Å². The Kier molecular flexibility index (Phi) is 7.90. The topological polar surface area (TPSA) is 110 Å². The van der Waals surface area contributed by atoms with Gasteiger partial charge in [0, 0.05) is 34.9 Å². The Labute approximate surface area is 223 Å². The Morgan fingerprint density at radius 1 is 1.11 bits per heavy atom. The van der Waals surface area contributed by atoms with E-state index in [-0.39, 0.29) is 40.4 Å². The van der Waals surface area contributed by atoms with Crippen LogP contribution < -0.4 is 26.3 Å². The van der Waals surface area contributed by atoms with Gasteiger partial charge in [0.25, 0.3) is 0 Å². The van der Waals surface area contributed by atoms with Gasteiger partial charge in [0.1, 0.15) is 5.02 Å². The number of nitrogens with one attached hydrogen (secondary N) is 3. The molecule has 3 amide bonds. The molecular weight excluding hydrogens is 514 g/mol. The van der Waals surface area contributed by atoms with Gasteiger partial charge in [0.15, 0.2) is 0 Å². The number of unbranched alkanes of at least 4 members (excludes halogenated alkanes) is 1. The molecule has 194 valence electrons. The molecule has 3 heterocycles. The standard InChI is InChI=1S/C27H28ClN3O5S/c28-23-18-11-10-17(14-19(18)25(33)36-26(23)35-13-12-16-6-2-1-3-7-16)29-22(32)9-5-4-8-21-24-20(15-37-21)30-27(34)31-24/h1-3,6-7,10-11,14,20-21,24H,4-5,8-9,12-13,15H2,(H,29,32)(H2,30,31,34)/t20-,21-,24-/m1/s1. The number of anilines is 1. The van der Waals surface area contributed by atoms with Crippen molar-refractivity contribution in [2.45, 2.75) is 49.4 Å². The third-order valence-electron chi connectivity index (χ3n) is 6.67. The maximum atomic E-state index is 12.6. The van der Waals surface area contributed by atoms with Gasteiger partial charge >= 0.3 is 17.6 Å². The molecule has 0 aliphatic carbocycles. The molecule has 2 aromatic carbocycles. The highest BCUT2D eigenvalue weighted by Gasteiger charge is 2.42. The van der Waals surface area contributed by atoms with Crippen LogP contribution in [0.1, 0.15) is 31.2 Å². The smallest absolute Gasteiger partial charge is 0.346 e. The SMILES string of the molecule is O=C(CCCC[C@H]1SC[C@H]2NC(=O)N[C@H]21)Nc1ccc2c(Cl)c(OCCc3ccccc3)oc(=O)c2c1. The lowest BCUT2D eigenvalue weighted by Crippen LogP contribution is -2.36. The average molecular weight is 542 g/mol. The Hall–Kier alpha value is -3.17. The number of hydrogen-bond acceptors (Lipinski definition) is 6. The Morgan fingerprint density at radius 3 is 2.78 bits per heavy atom. The van der Waals surface area contributed by atoms with Gasteiger partial charge in [-0.05, 0) is 30.5 Å². The molecule has 0 spiro atoms. The lowest BCUT2D eigenvalue weighted by molar-refractivity contribution is -0.116. The van der Waals surface area contributed by atoms with E-state index in [0.29, 0.717) is 35.8 Å². The van der Waals surface area contributed by atoms with E-state index in [1.165, 1.54) is 0 Å². The summed E-state index contributed by atoms with van der Waals surface area (Å²) in [6.07, 6.45) is 3.61. The fraction of sp³-hybridized carbons (Fsp3) is 0.370. The first-order chi connectivity index (χ1) is 18.0. The number of fused-ring (bicyclic) bond motifs is 2. The van der Waals surface area contributed by atoms with E-state index < -0.39 is 5.63 Å². The first-order valence-electron chi connectivity index (χ1n) is 12.4. The maximum Gasteiger partial charge on any atom is 0.346 e. The van der Waals surface area contributed by atoms with Crippen molar-refractivity contribution in [3.05, 3.63) is 69.5 Å². The molecule has 1 aromatic heterocycles. The van der Waals surface area contributed by atoms with Crippen LogP contribution in [0.2, 0.25) is 5.02 Å². The van der Waals surface area contributed by atoms with E-state index in [9.17, 15) is 14.4 Å². The van der Waals surface area contributed by atoms with Crippen molar-refractivity contribution in [2.24, 2.45) is 0 Å². The molecule has 2 fully saturated rings. The molecule has 8 nitrogen and oxygen atoms in total. The lowest BCUT2D eigenvalue weighted by Gasteiger charge is -2.16. The van der Waals surface area contributed by atoms with Crippen LogP contribution in [0.5, 0.6) is 5.95 Å². The maximum absolute atomic E-state index is 12.6. The van der Waals surface area contributed by atoms with Crippen LogP contribution in [0.15, 0.2) is 57.7 Å². The summed E-state index contributed by atoms with van der Waals surface area (Å²) >= 11 is 8.33. The van der Waals surface area contributed by atoms with Gasteiger partial charge in [0.2, 0.25) is 5.91 Å². The molecule has 2 saturated heterocycles. The molecule has 0 unspecified atom stereocenters. The fourth-order valence-electron chi connectivity index (χ4n) is 4.77. The molecule has 10 heteroatoms. The summed E-state index contributed by atoms with van der Waals surface area (Å²) in [5.74, 6) is 0.797. The third kappa shape index (κ3) is 6.05. The highest BCUT2D eigenvalue weighted by Crippen LogP contribution is 2.34. The number of urea groups is 1. The van der Waals surface area contributed by atoms with Crippen molar-refractivity contribution >= 4 is 51.8 Å². The Bertz CT molecular complexity index is 1350. The summed E-state index contributed by atoms with van der Waals surface area (Å²) in [5.41, 5.74) is 1.03. The van der Waals surface area contributed by atoms with E-state index in [0.717, 1.165) is 30.6 Å². The van der Waals surface area contributed by atoms with Gasteiger partial charge in [-0.2, -0.15) is 11.8 Å². The number of halogens is 1. The predicted molar refractivity (Wildman–Crippen MR) is 146 cm³/mol. The molecule has 3 aromatic rings. The van der Waals surface area contributed by atoms with Crippen molar-refractivity contribution in [3.8, 4) is 5.95 Å². The van der Waals surface area contributed by atoms with Crippen LogP contribution in [0.3, 0.4) is 0 Å². The van der Waals surface area contributed by atoms with Gasteiger partial charge in [-0.3, -0.25) is 4.79 Å². The zero-order chi connectivity index (χ0) is 25.8. The number of rotatable bonds is 10. The van der Waals surface area contributed by atoms with Crippen LogP contribution >= 0.6 is 23.4 Å². The quantitative estimate of drug-likeness (QED) is 0.253. The first-order valence-corrected chi connectivity index (χ1v) is 13.8. The number of hydrogen-bond donors (Lipinski definition) is 3. The minimum Gasteiger partial charge on any atom is -0.464 e. The minimum atomic E-state index is -0.578. The summed E-state index contributed by atoms with van der Waals surface area (Å²) in [6.45, 7) is 0.318. The second-order valence-corrected chi connectivity index (χ2v) is 10.9. The van der Waals surface area contributed by atoms with Crippen LogP contribution in [0, 0.1) is 0 Å². The molecule has 5 rings (SSSR count). The van der Waals surface area contributed by atoms with E-state index in [4.69, 9.17) is 20.8 Å². The second-order valence-electron chi connectivity index (χ2n) is 9.25. The minimum absolute atomic E-state index is 0.00780.